The maximum atomic E-state index is 13.8. The molecule has 0 fully saturated rings. The number of halogens is 4. The summed E-state index contributed by atoms with van der Waals surface area (Å²) in [5, 5.41) is 8.63. The molecular weight excluding hydrogens is 304 g/mol. The Kier molecular flexibility index (Phi) is 4.35. The number of ether oxygens (including phenoxy) is 1. The molecule has 2 aromatic carbocycles. The Bertz CT molecular complexity index is 678. The zero-order chi connectivity index (χ0) is 16.3. The lowest BCUT2D eigenvalue weighted by atomic mass is 10.0. The molecule has 2 aromatic rings. The normalized spacial score (nSPS) is 11.3. The highest BCUT2D eigenvalue weighted by Crippen LogP contribution is 2.27. The van der Waals surface area contributed by atoms with Crippen LogP contribution in [0.3, 0.4) is 0 Å². The number of alkyl halides is 3. The lowest BCUT2D eigenvalue weighted by Gasteiger charge is -2.10. The lowest BCUT2D eigenvalue weighted by molar-refractivity contribution is -0.274. The van der Waals surface area contributed by atoms with Crippen LogP contribution in [-0.4, -0.2) is 17.4 Å². The van der Waals surface area contributed by atoms with Crippen LogP contribution in [0.15, 0.2) is 42.5 Å². The van der Waals surface area contributed by atoms with Crippen LogP contribution in [0.5, 0.6) is 5.75 Å². The minimum absolute atomic E-state index is 0.0354. The molecule has 0 aliphatic rings. The summed E-state index contributed by atoms with van der Waals surface area (Å²) < 4.78 is 53.6. The highest BCUT2D eigenvalue weighted by Gasteiger charge is 2.30. The van der Waals surface area contributed by atoms with Gasteiger partial charge < -0.3 is 9.84 Å². The molecule has 0 spiro atoms. The van der Waals surface area contributed by atoms with Crippen molar-refractivity contribution in [3.05, 3.63) is 53.8 Å². The van der Waals surface area contributed by atoms with E-state index in [0.29, 0.717) is 11.1 Å². The number of carbonyl (C=O) groups is 1. The van der Waals surface area contributed by atoms with Crippen molar-refractivity contribution >= 4 is 5.97 Å². The first kappa shape index (κ1) is 15.8. The van der Waals surface area contributed by atoms with Crippen LogP contribution in [0, 0.1) is 5.82 Å². The standard InChI is InChI=1S/C15H10F4O3/c16-13-7-10(1-2-11(13)8-14(20)21)9-3-5-12(6-4-9)22-15(17,18)19/h1-7H,8H2,(H,20,21). The van der Waals surface area contributed by atoms with Gasteiger partial charge in [0.05, 0.1) is 6.42 Å². The molecule has 0 amide bonds. The van der Waals surface area contributed by atoms with Crippen LogP contribution < -0.4 is 4.74 Å². The Labute approximate surface area is 122 Å². The first-order valence-electron chi connectivity index (χ1n) is 6.11. The zero-order valence-electron chi connectivity index (χ0n) is 11.0. The van der Waals surface area contributed by atoms with Gasteiger partial charge >= 0.3 is 12.3 Å². The van der Waals surface area contributed by atoms with Gasteiger partial charge in [0.15, 0.2) is 0 Å². The summed E-state index contributed by atoms with van der Waals surface area (Å²) in [6.07, 6.45) is -5.21. The number of aliphatic carboxylic acids is 1. The molecule has 0 aliphatic heterocycles. The maximum absolute atomic E-state index is 13.8. The SMILES string of the molecule is O=C(O)Cc1ccc(-c2ccc(OC(F)(F)F)cc2)cc1F. The number of carboxylic acid groups (broad SMARTS) is 1. The van der Waals surface area contributed by atoms with Gasteiger partial charge in [-0.25, -0.2) is 4.39 Å². The Balaban J connectivity index is 2.21. The van der Waals surface area contributed by atoms with E-state index < -0.39 is 24.6 Å². The van der Waals surface area contributed by atoms with E-state index >= 15 is 0 Å². The molecule has 0 atom stereocenters. The van der Waals surface area contributed by atoms with Gasteiger partial charge in [0, 0.05) is 0 Å². The Morgan fingerprint density at radius 2 is 1.64 bits per heavy atom. The predicted octanol–water partition coefficient (Wildman–Crippen LogP) is 4.02. The van der Waals surface area contributed by atoms with Gasteiger partial charge in [0.2, 0.25) is 0 Å². The van der Waals surface area contributed by atoms with Crippen LogP contribution in [0.2, 0.25) is 0 Å². The van der Waals surface area contributed by atoms with Crippen molar-refractivity contribution in [1.29, 1.82) is 0 Å². The minimum atomic E-state index is -4.77. The van der Waals surface area contributed by atoms with E-state index in [2.05, 4.69) is 4.74 Å². The molecule has 0 aromatic heterocycles. The third kappa shape index (κ3) is 4.21. The molecule has 116 valence electrons. The maximum Gasteiger partial charge on any atom is 0.573 e. The van der Waals surface area contributed by atoms with Crippen molar-refractivity contribution in [2.45, 2.75) is 12.8 Å². The molecule has 0 bridgehead atoms. The van der Waals surface area contributed by atoms with Crippen molar-refractivity contribution in [3.63, 3.8) is 0 Å². The quantitative estimate of drug-likeness (QED) is 0.867. The van der Waals surface area contributed by atoms with E-state index in [9.17, 15) is 22.4 Å². The van der Waals surface area contributed by atoms with Crippen molar-refractivity contribution in [1.82, 2.24) is 0 Å². The Hall–Kier alpha value is -2.57. The van der Waals surface area contributed by atoms with Crippen molar-refractivity contribution in [2.75, 3.05) is 0 Å². The van der Waals surface area contributed by atoms with Crippen molar-refractivity contribution in [3.8, 4) is 16.9 Å². The Morgan fingerprint density at radius 3 is 2.14 bits per heavy atom. The Morgan fingerprint density at radius 1 is 1.05 bits per heavy atom. The molecule has 0 radical (unpaired) electrons. The molecule has 1 N–H and O–H groups in total. The summed E-state index contributed by atoms with van der Waals surface area (Å²) in [6.45, 7) is 0. The molecule has 0 unspecified atom stereocenters. The summed E-state index contributed by atoms with van der Waals surface area (Å²) in [7, 11) is 0. The first-order chi connectivity index (χ1) is 10.2. The van der Waals surface area contributed by atoms with Gasteiger partial charge in [-0.2, -0.15) is 0 Å². The van der Waals surface area contributed by atoms with Crippen LogP contribution in [0.4, 0.5) is 17.6 Å². The van der Waals surface area contributed by atoms with Gasteiger partial charge in [0.1, 0.15) is 11.6 Å². The summed E-state index contributed by atoms with van der Waals surface area (Å²) >= 11 is 0. The second kappa shape index (κ2) is 6.05. The van der Waals surface area contributed by atoms with E-state index in [0.717, 1.165) is 18.2 Å². The molecule has 0 aliphatic carbocycles. The molecule has 0 saturated heterocycles. The van der Waals surface area contributed by atoms with E-state index in [1.807, 2.05) is 0 Å². The van der Waals surface area contributed by atoms with Crippen LogP contribution in [-0.2, 0) is 11.2 Å². The van der Waals surface area contributed by atoms with Gasteiger partial charge in [-0.1, -0.05) is 24.3 Å². The largest absolute Gasteiger partial charge is 0.573 e. The predicted molar refractivity (Wildman–Crippen MR) is 69.9 cm³/mol. The van der Waals surface area contributed by atoms with Crippen molar-refractivity contribution in [2.24, 2.45) is 0 Å². The van der Waals surface area contributed by atoms with E-state index in [-0.39, 0.29) is 11.3 Å². The fourth-order valence-electron chi connectivity index (χ4n) is 1.88. The highest BCUT2D eigenvalue weighted by molar-refractivity contribution is 5.71. The monoisotopic (exact) mass is 314 g/mol. The molecule has 3 nitrogen and oxygen atoms in total. The highest BCUT2D eigenvalue weighted by atomic mass is 19.4. The molecular formula is C15H10F4O3. The van der Waals surface area contributed by atoms with E-state index in [1.165, 1.54) is 24.3 Å². The van der Waals surface area contributed by atoms with Gasteiger partial charge in [0.25, 0.3) is 0 Å². The molecule has 0 heterocycles. The van der Waals surface area contributed by atoms with Crippen LogP contribution >= 0.6 is 0 Å². The summed E-state index contributed by atoms with van der Waals surface area (Å²) in [6, 6.07) is 8.91. The summed E-state index contributed by atoms with van der Waals surface area (Å²) in [4.78, 5) is 10.6. The number of hydrogen-bond donors (Lipinski definition) is 1. The van der Waals surface area contributed by atoms with Gasteiger partial charge in [-0.3, -0.25) is 4.79 Å². The smallest absolute Gasteiger partial charge is 0.481 e. The van der Waals surface area contributed by atoms with E-state index in [4.69, 9.17) is 5.11 Å². The van der Waals surface area contributed by atoms with E-state index in [1.54, 1.807) is 0 Å². The first-order valence-corrected chi connectivity index (χ1v) is 6.11. The second-order valence-corrected chi connectivity index (χ2v) is 4.45. The third-order valence-corrected chi connectivity index (χ3v) is 2.82. The fourth-order valence-corrected chi connectivity index (χ4v) is 1.88. The van der Waals surface area contributed by atoms with Crippen molar-refractivity contribution < 1.29 is 32.2 Å². The number of carboxylic acids is 1. The number of benzene rings is 2. The molecule has 7 heteroatoms. The van der Waals surface area contributed by atoms with Crippen LogP contribution in [0.1, 0.15) is 5.56 Å². The molecule has 0 saturated carbocycles. The summed E-state index contributed by atoms with van der Waals surface area (Å²) in [5.41, 5.74) is 0.939. The zero-order valence-corrected chi connectivity index (χ0v) is 11.0. The fraction of sp³-hybridized carbons (Fsp3) is 0.133. The second-order valence-electron chi connectivity index (χ2n) is 4.45. The van der Waals surface area contributed by atoms with Gasteiger partial charge in [-0.05, 0) is 34.9 Å². The van der Waals surface area contributed by atoms with Gasteiger partial charge in [-0.15, -0.1) is 13.2 Å². The average Bonchev–Trinajstić information content (AvgIpc) is 2.40. The van der Waals surface area contributed by atoms with Crippen LogP contribution in [0.25, 0.3) is 11.1 Å². The molecule has 2 rings (SSSR count). The lowest BCUT2D eigenvalue weighted by Crippen LogP contribution is -2.16. The third-order valence-electron chi connectivity index (χ3n) is 2.82. The minimum Gasteiger partial charge on any atom is -0.481 e. The summed E-state index contributed by atoms with van der Waals surface area (Å²) in [5.74, 6) is -2.21. The molecule has 22 heavy (non-hydrogen) atoms. The number of rotatable bonds is 4. The topological polar surface area (TPSA) is 46.5 Å². The average molecular weight is 314 g/mol. The number of hydrogen-bond acceptors (Lipinski definition) is 2.